The average molecular weight is 464 g/mol. The van der Waals surface area contributed by atoms with E-state index in [0.717, 1.165) is 34.5 Å². The normalized spacial score (nSPS) is 10.8. The van der Waals surface area contributed by atoms with Gasteiger partial charge in [-0.2, -0.15) is 0 Å². The lowest BCUT2D eigenvalue weighted by Gasteiger charge is -2.14. The lowest BCUT2D eigenvalue weighted by atomic mass is 10.1. The molecule has 2 heterocycles. The Kier molecular flexibility index (Phi) is 6.87. The number of para-hydroxylation sites is 1. The zero-order valence-corrected chi connectivity index (χ0v) is 19.3. The molecule has 0 aliphatic rings. The lowest BCUT2D eigenvalue weighted by molar-refractivity contribution is -0.113. The Bertz CT molecular complexity index is 1240. The summed E-state index contributed by atoms with van der Waals surface area (Å²) < 4.78 is 1.94. The molecule has 1 amide bonds. The van der Waals surface area contributed by atoms with Crippen LogP contribution in [-0.2, 0) is 11.2 Å². The highest BCUT2D eigenvalue weighted by Crippen LogP contribution is 2.31. The quantitative estimate of drug-likeness (QED) is 0.362. The van der Waals surface area contributed by atoms with Crippen molar-refractivity contribution in [3.05, 3.63) is 83.1 Å². The number of nitrogens with one attached hydrogen (secondary N) is 1. The van der Waals surface area contributed by atoms with E-state index in [9.17, 15) is 4.79 Å². The summed E-state index contributed by atoms with van der Waals surface area (Å²) in [5.74, 6) is 0.766. The number of aromatic nitrogens is 4. The van der Waals surface area contributed by atoms with Crippen LogP contribution < -0.4 is 5.32 Å². The summed E-state index contributed by atoms with van der Waals surface area (Å²) >= 11 is 7.72. The molecule has 0 spiro atoms. The van der Waals surface area contributed by atoms with Crippen LogP contribution in [0.4, 0.5) is 5.69 Å². The molecule has 162 valence electrons. The molecule has 32 heavy (non-hydrogen) atoms. The number of rotatable bonds is 7. The molecule has 0 atom stereocenters. The van der Waals surface area contributed by atoms with Gasteiger partial charge in [-0.3, -0.25) is 14.3 Å². The first-order valence-corrected chi connectivity index (χ1v) is 11.6. The minimum Gasteiger partial charge on any atom is -0.325 e. The van der Waals surface area contributed by atoms with Crippen molar-refractivity contribution in [1.82, 2.24) is 19.7 Å². The maximum atomic E-state index is 12.7. The Morgan fingerprint density at radius 3 is 2.62 bits per heavy atom. The summed E-state index contributed by atoms with van der Waals surface area (Å²) in [7, 11) is 0. The van der Waals surface area contributed by atoms with E-state index in [4.69, 9.17) is 11.6 Å². The number of thioether (sulfide) groups is 1. The molecular formula is C24H22ClN5OS. The van der Waals surface area contributed by atoms with Crippen molar-refractivity contribution in [1.29, 1.82) is 0 Å². The van der Waals surface area contributed by atoms with Crippen LogP contribution in [0.15, 0.2) is 72.1 Å². The molecule has 4 rings (SSSR count). The summed E-state index contributed by atoms with van der Waals surface area (Å²) in [6, 6.07) is 17.3. The van der Waals surface area contributed by atoms with E-state index in [-0.39, 0.29) is 11.7 Å². The van der Waals surface area contributed by atoms with Crippen molar-refractivity contribution in [2.24, 2.45) is 0 Å². The molecule has 0 bridgehead atoms. The summed E-state index contributed by atoms with van der Waals surface area (Å²) in [5.41, 5.74) is 4.59. The van der Waals surface area contributed by atoms with Crippen LogP contribution in [0.5, 0.6) is 0 Å². The first-order valence-electron chi connectivity index (χ1n) is 10.2. The van der Waals surface area contributed by atoms with E-state index in [1.165, 1.54) is 11.8 Å². The molecule has 2 aromatic heterocycles. The molecule has 6 nitrogen and oxygen atoms in total. The second kappa shape index (κ2) is 9.97. The monoisotopic (exact) mass is 463 g/mol. The number of amides is 1. The number of anilines is 1. The van der Waals surface area contributed by atoms with Gasteiger partial charge in [-0.15, -0.1) is 10.2 Å². The summed E-state index contributed by atoms with van der Waals surface area (Å²) in [4.78, 5) is 16.8. The van der Waals surface area contributed by atoms with Gasteiger partial charge in [-0.25, -0.2) is 0 Å². The topological polar surface area (TPSA) is 72.7 Å². The Morgan fingerprint density at radius 1 is 1.06 bits per heavy atom. The highest BCUT2D eigenvalue weighted by Gasteiger charge is 2.19. The molecule has 0 unspecified atom stereocenters. The minimum absolute atomic E-state index is 0.0984. The molecule has 0 fully saturated rings. The first-order chi connectivity index (χ1) is 15.6. The SMILES string of the molecule is CCc1ccccc1NC(=O)CSc1nnc(-c2ccncc2)n1-c1cccc(Cl)c1C. The fourth-order valence-electron chi connectivity index (χ4n) is 3.37. The maximum absolute atomic E-state index is 12.7. The predicted octanol–water partition coefficient (Wildman–Crippen LogP) is 5.58. The van der Waals surface area contributed by atoms with Gasteiger partial charge in [0.05, 0.1) is 11.4 Å². The van der Waals surface area contributed by atoms with E-state index in [0.29, 0.717) is 16.0 Å². The van der Waals surface area contributed by atoms with Gasteiger partial charge in [0.1, 0.15) is 0 Å². The predicted molar refractivity (Wildman–Crippen MR) is 130 cm³/mol. The van der Waals surface area contributed by atoms with E-state index >= 15 is 0 Å². The number of carbonyl (C=O) groups excluding carboxylic acids is 1. The van der Waals surface area contributed by atoms with Gasteiger partial charge in [0.2, 0.25) is 5.91 Å². The Balaban J connectivity index is 1.64. The standard InChI is InChI=1S/C24H22ClN5OS/c1-3-17-7-4-5-9-20(17)27-22(31)15-32-24-29-28-23(18-11-13-26-14-12-18)30(24)21-10-6-8-19(25)16(21)2/h4-14H,3,15H2,1-2H3,(H,27,31). The molecular weight excluding hydrogens is 442 g/mol. The fourth-order valence-corrected chi connectivity index (χ4v) is 4.29. The second-order valence-corrected chi connectivity index (χ2v) is 8.46. The Hall–Kier alpha value is -3.16. The Labute approximate surface area is 196 Å². The molecule has 0 radical (unpaired) electrons. The van der Waals surface area contributed by atoms with Gasteiger partial charge < -0.3 is 5.32 Å². The number of nitrogens with zero attached hydrogens (tertiary/aromatic N) is 4. The number of hydrogen-bond acceptors (Lipinski definition) is 5. The minimum atomic E-state index is -0.0984. The average Bonchev–Trinajstić information content (AvgIpc) is 3.24. The molecule has 0 aliphatic carbocycles. The Morgan fingerprint density at radius 2 is 1.84 bits per heavy atom. The number of carbonyl (C=O) groups is 1. The van der Waals surface area contributed by atoms with E-state index in [1.54, 1.807) is 12.4 Å². The molecule has 0 aliphatic heterocycles. The van der Waals surface area contributed by atoms with Crippen LogP contribution in [0, 0.1) is 6.92 Å². The van der Waals surface area contributed by atoms with Gasteiger partial charge in [0.15, 0.2) is 11.0 Å². The van der Waals surface area contributed by atoms with Crippen molar-refractivity contribution < 1.29 is 4.79 Å². The third-order valence-electron chi connectivity index (χ3n) is 5.06. The van der Waals surface area contributed by atoms with E-state index in [2.05, 4.69) is 27.4 Å². The van der Waals surface area contributed by atoms with Gasteiger partial charge in [0, 0.05) is 28.7 Å². The molecule has 0 saturated heterocycles. The number of halogens is 1. The molecule has 0 saturated carbocycles. The van der Waals surface area contributed by atoms with Crippen molar-refractivity contribution in [3.8, 4) is 17.1 Å². The maximum Gasteiger partial charge on any atom is 0.234 e. The zero-order chi connectivity index (χ0) is 22.5. The van der Waals surface area contributed by atoms with Crippen LogP contribution in [-0.4, -0.2) is 31.4 Å². The van der Waals surface area contributed by atoms with Crippen molar-refractivity contribution in [3.63, 3.8) is 0 Å². The summed E-state index contributed by atoms with van der Waals surface area (Å²) in [6.07, 6.45) is 4.27. The second-order valence-electron chi connectivity index (χ2n) is 7.11. The molecule has 4 aromatic rings. The smallest absolute Gasteiger partial charge is 0.234 e. The third-order valence-corrected chi connectivity index (χ3v) is 6.40. The summed E-state index contributed by atoms with van der Waals surface area (Å²) in [6.45, 7) is 4.02. The number of aryl methyl sites for hydroxylation is 1. The largest absolute Gasteiger partial charge is 0.325 e. The molecule has 2 aromatic carbocycles. The van der Waals surface area contributed by atoms with Gasteiger partial charge in [-0.05, 0) is 54.8 Å². The summed E-state index contributed by atoms with van der Waals surface area (Å²) in [5, 5.41) is 13.1. The number of benzene rings is 2. The molecule has 8 heteroatoms. The van der Waals surface area contributed by atoms with E-state index in [1.807, 2.05) is 66.1 Å². The first kappa shape index (κ1) is 22.0. The fraction of sp³-hybridized carbons (Fsp3) is 0.167. The van der Waals surface area contributed by atoms with Crippen molar-refractivity contribution in [2.75, 3.05) is 11.1 Å². The third kappa shape index (κ3) is 4.69. The van der Waals surface area contributed by atoms with Crippen LogP contribution in [0.2, 0.25) is 5.02 Å². The van der Waals surface area contributed by atoms with Gasteiger partial charge in [-0.1, -0.05) is 54.6 Å². The van der Waals surface area contributed by atoms with Crippen LogP contribution in [0.1, 0.15) is 18.1 Å². The van der Waals surface area contributed by atoms with Crippen molar-refractivity contribution >= 4 is 35.0 Å². The van der Waals surface area contributed by atoms with Crippen LogP contribution >= 0.6 is 23.4 Å². The number of pyridine rings is 1. The van der Waals surface area contributed by atoms with Gasteiger partial charge in [0.25, 0.3) is 0 Å². The highest BCUT2D eigenvalue weighted by atomic mass is 35.5. The highest BCUT2D eigenvalue weighted by molar-refractivity contribution is 7.99. The van der Waals surface area contributed by atoms with Crippen molar-refractivity contribution in [2.45, 2.75) is 25.4 Å². The number of hydrogen-bond donors (Lipinski definition) is 1. The molecule has 1 N–H and O–H groups in total. The van der Waals surface area contributed by atoms with Crippen LogP contribution in [0.3, 0.4) is 0 Å². The van der Waals surface area contributed by atoms with E-state index < -0.39 is 0 Å². The lowest BCUT2D eigenvalue weighted by Crippen LogP contribution is -2.15. The van der Waals surface area contributed by atoms with Crippen LogP contribution in [0.25, 0.3) is 17.1 Å². The van der Waals surface area contributed by atoms with Gasteiger partial charge >= 0.3 is 0 Å². The zero-order valence-electron chi connectivity index (χ0n) is 17.7.